The summed E-state index contributed by atoms with van der Waals surface area (Å²) in [5.74, 6) is -1.09. The maximum absolute atomic E-state index is 14.1. The van der Waals surface area contributed by atoms with Gasteiger partial charge in [-0.25, -0.2) is 4.39 Å². The summed E-state index contributed by atoms with van der Waals surface area (Å²) < 4.78 is 14.1. The van der Waals surface area contributed by atoms with E-state index >= 15 is 0 Å². The molecule has 2 aromatic rings. The molecule has 0 spiro atoms. The van der Waals surface area contributed by atoms with Crippen molar-refractivity contribution in [3.05, 3.63) is 54.3 Å². The van der Waals surface area contributed by atoms with Crippen molar-refractivity contribution < 1.29 is 18.9 Å². The number of nitriles is 1. The molecule has 29 heavy (non-hydrogen) atoms. The SMILES string of the molecule is CSc1ccccc1NC(=O)C[NH+](C)CC(=O)N(CCC#N)c1ccccc1F. The van der Waals surface area contributed by atoms with E-state index in [4.69, 9.17) is 5.26 Å². The standard InChI is InChI=1S/C21H23FN4O2S/c1-25(14-20(27)24-17-9-4-6-11-19(17)29-2)15-21(28)26(13-7-12-23)18-10-5-3-8-16(18)22/h3-6,8-11H,7,13-15H2,1-2H3,(H,24,27)/p+1. The van der Waals surface area contributed by atoms with E-state index in [-0.39, 0.29) is 43.6 Å². The first-order valence-electron chi connectivity index (χ1n) is 9.12. The Kier molecular flexibility index (Phi) is 8.65. The van der Waals surface area contributed by atoms with E-state index in [0.717, 1.165) is 10.6 Å². The van der Waals surface area contributed by atoms with Gasteiger partial charge in [0.1, 0.15) is 5.82 Å². The van der Waals surface area contributed by atoms with Crippen molar-refractivity contribution in [3.63, 3.8) is 0 Å². The van der Waals surface area contributed by atoms with Crippen LogP contribution in [0.2, 0.25) is 0 Å². The smallest absolute Gasteiger partial charge is 0.282 e. The molecule has 0 aromatic heterocycles. The molecule has 1 atom stereocenters. The number of nitrogens with one attached hydrogen (secondary N) is 2. The van der Waals surface area contributed by atoms with Crippen molar-refractivity contribution in [2.45, 2.75) is 11.3 Å². The Balaban J connectivity index is 2.00. The molecule has 152 valence electrons. The molecule has 6 nitrogen and oxygen atoms in total. The number of carbonyl (C=O) groups excluding carboxylic acids is 2. The van der Waals surface area contributed by atoms with Gasteiger partial charge in [0.05, 0.1) is 30.9 Å². The van der Waals surface area contributed by atoms with Gasteiger partial charge in [0.2, 0.25) is 0 Å². The molecular weight excluding hydrogens is 391 g/mol. The van der Waals surface area contributed by atoms with Crippen molar-refractivity contribution in [1.29, 1.82) is 5.26 Å². The second-order valence-corrected chi connectivity index (χ2v) is 7.31. The van der Waals surface area contributed by atoms with E-state index < -0.39 is 5.82 Å². The normalized spacial score (nSPS) is 11.4. The number of thioether (sulfide) groups is 1. The van der Waals surface area contributed by atoms with Crippen LogP contribution < -0.4 is 15.1 Å². The third-order valence-corrected chi connectivity index (χ3v) is 4.98. The average Bonchev–Trinajstić information content (AvgIpc) is 2.69. The van der Waals surface area contributed by atoms with Gasteiger partial charge in [-0.15, -0.1) is 11.8 Å². The summed E-state index contributed by atoms with van der Waals surface area (Å²) in [6.07, 6.45) is 2.02. The first-order valence-corrected chi connectivity index (χ1v) is 10.3. The molecule has 0 bridgehead atoms. The molecule has 0 saturated heterocycles. The number of hydrogen-bond acceptors (Lipinski definition) is 4. The molecule has 2 N–H and O–H groups in total. The molecule has 0 radical (unpaired) electrons. The van der Waals surface area contributed by atoms with Crippen molar-refractivity contribution in [2.75, 3.05) is 43.2 Å². The Bertz CT molecular complexity index is 900. The molecule has 0 aliphatic rings. The summed E-state index contributed by atoms with van der Waals surface area (Å²) >= 11 is 1.53. The van der Waals surface area contributed by atoms with E-state index in [2.05, 4.69) is 5.32 Å². The second-order valence-electron chi connectivity index (χ2n) is 6.46. The molecule has 8 heteroatoms. The highest BCUT2D eigenvalue weighted by molar-refractivity contribution is 7.98. The zero-order valence-corrected chi connectivity index (χ0v) is 17.3. The Labute approximate surface area is 174 Å². The lowest BCUT2D eigenvalue weighted by Gasteiger charge is -2.23. The van der Waals surface area contributed by atoms with Crippen LogP contribution in [-0.2, 0) is 9.59 Å². The highest BCUT2D eigenvalue weighted by atomic mass is 32.2. The number of likely N-dealkylation sites (N-methyl/N-ethyl adjacent to an activating group) is 1. The summed E-state index contributed by atoms with van der Waals surface area (Å²) in [6, 6.07) is 15.4. The van der Waals surface area contributed by atoms with E-state index in [1.54, 1.807) is 19.2 Å². The van der Waals surface area contributed by atoms with Gasteiger partial charge in [0.25, 0.3) is 11.8 Å². The van der Waals surface area contributed by atoms with Crippen LogP contribution >= 0.6 is 11.8 Å². The Morgan fingerprint density at radius 3 is 2.55 bits per heavy atom. The monoisotopic (exact) mass is 415 g/mol. The summed E-state index contributed by atoms with van der Waals surface area (Å²) in [5, 5.41) is 11.7. The number of hydrogen-bond donors (Lipinski definition) is 2. The van der Waals surface area contributed by atoms with Crippen molar-refractivity contribution in [1.82, 2.24) is 0 Å². The van der Waals surface area contributed by atoms with E-state index in [1.165, 1.54) is 28.8 Å². The lowest BCUT2D eigenvalue weighted by molar-refractivity contribution is -0.862. The van der Waals surface area contributed by atoms with Gasteiger partial charge in [-0.1, -0.05) is 24.3 Å². The zero-order chi connectivity index (χ0) is 21.2. The van der Waals surface area contributed by atoms with Gasteiger partial charge in [0, 0.05) is 11.4 Å². The molecular formula is C21H24FN4O2S+. The summed E-state index contributed by atoms with van der Waals surface area (Å²) in [6.45, 7) is 0.173. The minimum absolute atomic E-state index is 0.00262. The lowest BCUT2D eigenvalue weighted by atomic mass is 10.2. The van der Waals surface area contributed by atoms with Gasteiger partial charge in [-0.05, 0) is 30.5 Å². The average molecular weight is 416 g/mol. The number of amides is 2. The topological polar surface area (TPSA) is 77.6 Å². The van der Waals surface area contributed by atoms with Gasteiger partial charge in [-0.3, -0.25) is 9.59 Å². The van der Waals surface area contributed by atoms with Gasteiger partial charge >= 0.3 is 0 Å². The van der Waals surface area contributed by atoms with Crippen molar-refractivity contribution in [3.8, 4) is 6.07 Å². The molecule has 2 aromatic carbocycles. The minimum atomic E-state index is -0.525. The van der Waals surface area contributed by atoms with Crippen LogP contribution in [0.1, 0.15) is 6.42 Å². The number of benzene rings is 2. The fraction of sp³-hybridized carbons (Fsp3) is 0.286. The van der Waals surface area contributed by atoms with Gasteiger partial charge in [-0.2, -0.15) is 5.26 Å². The quantitative estimate of drug-likeness (QED) is 0.614. The Hall–Kier alpha value is -2.89. The summed E-state index contributed by atoms with van der Waals surface area (Å²) in [4.78, 5) is 28.0. The van der Waals surface area contributed by atoms with Crippen LogP contribution in [0.5, 0.6) is 0 Å². The van der Waals surface area contributed by atoms with E-state index in [0.29, 0.717) is 4.90 Å². The number of quaternary nitrogens is 1. The van der Waals surface area contributed by atoms with E-state index in [9.17, 15) is 14.0 Å². The van der Waals surface area contributed by atoms with Gasteiger partial charge < -0.3 is 15.1 Å². The maximum atomic E-state index is 14.1. The highest BCUT2D eigenvalue weighted by Crippen LogP contribution is 2.24. The molecule has 0 fully saturated rings. The third kappa shape index (κ3) is 6.59. The minimum Gasteiger partial charge on any atom is -0.322 e. The molecule has 0 aliphatic heterocycles. The first kappa shape index (κ1) is 22.4. The molecule has 2 amide bonds. The lowest BCUT2D eigenvalue weighted by Crippen LogP contribution is -3.11. The van der Waals surface area contributed by atoms with E-state index in [1.807, 2.05) is 36.6 Å². The third-order valence-electron chi connectivity index (χ3n) is 4.19. The van der Waals surface area contributed by atoms with Crippen LogP contribution in [0.25, 0.3) is 0 Å². The highest BCUT2D eigenvalue weighted by Gasteiger charge is 2.23. The zero-order valence-electron chi connectivity index (χ0n) is 16.4. The Morgan fingerprint density at radius 2 is 1.86 bits per heavy atom. The molecule has 0 heterocycles. The first-order chi connectivity index (χ1) is 14.0. The second kappa shape index (κ2) is 11.2. The largest absolute Gasteiger partial charge is 0.322 e. The number of carbonyl (C=O) groups is 2. The van der Waals surface area contributed by atoms with Crippen LogP contribution in [-0.4, -0.2) is 44.8 Å². The van der Waals surface area contributed by atoms with Crippen LogP contribution in [0.15, 0.2) is 53.4 Å². The molecule has 2 rings (SSSR count). The van der Waals surface area contributed by atoms with Crippen LogP contribution in [0, 0.1) is 17.1 Å². The number of anilines is 2. The predicted molar refractivity (Wildman–Crippen MR) is 112 cm³/mol. The van der Waals surface area contributed by atoms with Crippen LogP contribution in [0.3, 0.4) is 0 Å². The number of para-hydroxylation sites is 2. The summed E-state index contributed by atoms with van der Waals surface area (Å²) in [7, 11) is 1.72. The fourth-order valence-electron chi connectivity index (χ4n) is 2.84. The number of halogens is 1. The summed E-state index contributed by atoms with van der Waals surface area (Å²) in [5.41, 5.74) is 0.866. The maximum Gasteiger partial charge on any atom is 0.282 e. The number of rotatable bonds is 9. The molecule has 0 saturated carbocycles. The van der Waals surface area contributed by atoms with Crippen molar-refractivity contribution in [2.24, 2.45) is 0 Å². The molecule has 1 unspecified atom stereocenters. The molecule has 0 aliphatic carbocycles. The number of nitrogens with zero attached hydrogens (tertiary/aromatic N) is 2. The fourth-order valence-corrected chi connectivity index (χ4v) is 3.40. The van der Waals surface area contributed by atoms with Crippen LogP contribution in [0.4, 0.5) is 15.8 Å². The Morgan fingerprint density at radius 1 is 1.17 bits per heavy atom. The van der Waals surface area contributed by atoms with Gasteiger partial charge in [0.15, 0.2) is 13.1 Å². The predicted octanol–water partition coefficient (Wildman–Crippen LogP) is 1.95. The van der Waals surface area contributed by atoms with Crippen molar-refractivity contribution >= 4 is 35.0 Å².